The van der Waals surface area contributed by atoms with Gasteiger partial charge in [-0.25, -0.2) is 4.39 Å². The highest BCUT2D eigenvalue weighted by Crippen LogP contribution is 2.23. The molecule has 1 fully saturated rings. The zero-order chi connectivity index (χ0) is 18.8. The van der Waals surface area contributed by atoms with Crippen molar-refractivity contribution in [1.82, 2.24) is 19.9 Å². The van der Waals surface area contributed by atoms with Crippen LogP contribution in [0.1, 0.15) is 21.7 Å². The average Bonchev–Trinajstić information content (AvgIpc) is 3.36. The lowest BCUT2D eigenvalue weighted by Gasteiger charge is -2.34. The van der Waals surface area contributed by atoms with Crippen molar-refractivity contribution in [2.75, 3.05) is 26.2 Å². The Morgan fingerprint density at radius 1 is 1.26 bits per heavy atom. The fraction of sp³-hybridized carbons (Fsp3) is 0.316. The van der Waals surface area contributed by atoms with Crippen LogP contribution < -0.4 is 0 Å². The van der Waals surface area contributed by atoms with E-state index in [1.165, 1.54) is 6.07 Å². The van der Waals surface area contributed by atoms with E-state index in [4.69, 9.17) is 4.52 Å². The molecule has 0 radical (unpaired) electrons. The van der Waals surface area contributed by atoms with E-state index in [9.17, 15) is 9.18 Å². The van der Waals surface area contributed by atoms with Gasteiger partial charge in [-0.2, -0.15) is 4.98 Å². The summed E-state index contributed by atoms with van der Waals surface area (Å²) in [5.41, 5.74) is 0.934. The third-order valence-corrected chi connectivity index (χ3v) is 5.50. The van der Waals surface area contributed by atoms with E-state index in [1.807, 2.05) is 17.5 Å². The summed E-state index contributed by atoms with van der Waals surface area (Å²) >= 11 is 1.56. The maximum atomic E-state index is 13.7. The molecule has 1 aliphatic heterocycles. The molecule has 8 heteroatoms. The summed E-state index contributed by atoms with van der Waals surface area (Å²) < 4.78 is 19.0. The van der Waals surface area contributed by atoms with Crippen LogP contribution in [0, 0.1) is 12.7 Å². The Labute approximate surface area is 160 Å². The number of rotatable bonds is 4. The SMILES string of the molecule is Cc1ccc(C(=O)N2CCN(Cc3noc(-c4cccs4)n3)CC2)cc1F. The smallest absolute Gasteiger partial charge is 0.268 e. The third kappa shape index (κ3) is 3.91. The van der Waals surface area contributed by atoms with Crippen molar-refractivity contribution in [3.63, 3.8) is 0 Å². The van der Waals surface area contributed by atoms with Gasteiger partial charge in [0.15, 0.2) is 5.82 Å². The first-order chi connectivity index (χ1) is 13.1. The van der Waals surface area contributed by atoms with Crippen LogP contribution >= 0.6 is 11.3 Å². The monoisotopic (exact) mass is 386 g/mol. The highest BCUT2D eigenvalue weighted by molar-refractivity contribution is 7.13. The van der Waals surface area contributed by atoms with Crippen molar-refractivity contribution in [2.24, 2.45) is 0 Å². The molecule has 0 atom stereocenters. The van der Waals surface area contributed by atoms with E-state index in [0.717, 1.165) is 4.88 Å². The molecule has 2 aromatic heterocycles. The van der Waals surface area contributed by atoms with Crippen molar-refractivity contribution >= 4 is 17.2 Å². The molecule has 3 heterocycles. The summed E-state index contributed by atoms with van der Waals surface area (Å²) in [5.74, 6) is 0.695. The van der Waals surface area contributed by atoms with E-state index < -0.39 is 0 Å². The number of nitrogens with zero attached hydrogens (tertiary/aromatic N) is 4. The first kappa shape index (κ1) is 17.8. The number of aromatic nitrogens is 2. The molecular weight excluding hydrogens is 367 g/mol. The molecule has 0 N–H and O–H groups in total. The zero-order valence-corrected chi connectivity index (χ0v) is 15.7. The van der Waals surface area contributed by atoms with Gasteiger partial charge in [-0.05, 0) is 36.1 Å². The molecule has 140 valence electrons. The lowest BCUT2D eigenvalue weighted by Crippen LogP contribution is -2.48. The van der Waals surface area contributed by atoms with Crippen LogP contribution in [0.15, 0.2) is 40.2 Å². The van der Waals surface area contributed by atoms with Gasteiger partial charge in [-0.3, -0.25) is 9.69 Å². The topological polar surface area (TPSA) is 62.5 Å². The number of thiophene rings is 1. The van der Waals surface area contributed by atoms with Crippen LogP contribution in [0.4, 0.5) is 4.39 Å². The molecule has 0 saturated carbocycles. The summed E-state index contributed by atoms with van der Waals surface area (Å²) in [7, 11) is 0. The third-order valence-electron chi connectivity index (χ3n) is 4.64. The molecule has 27 heavy (non-hydrogen) atoms. The Morgan fingerprint density at radius 2 is 2.07 bits per heavy atom. The first-order valence-electron chi connectivity index (χ1n) is 8.74. The number of hydrogen-bond donors (Lipinski definition) is 0. The Balaban J connectivity index is 1.33. The van der Waals surface area contributed by atoms with Crippen LogP contribution in [-0.4, -0.2) is 52.0 Å². The van der Waals surface area contributed by atoms with Gasteiger partial charge in [-0.15, -0.1) is 11.3 Å². The molecule has 0 spiro atoms. The molecule has 1 amide bonds. The number of aryl methyl sites for hydroxylation is 1. The predicted molar refractivity (Wildman–Crippen MR) is 99.9 cm³/mol. The van der Waals surface area contributed by atoms with Crippen molar-refractivity contribution in [3.05, 3.63) is 58.5 Å². The normalized spacial score (nSPS) is 15.3. The van der Waals surface area contributed by atoms with Crippen LogP contribution in [0.25, 0.3) is 10.8 Å². The standard InChI is InChI=1S/C19H19FN4O2S/c1-13-4-5-14(11-15(13)20)19(25)24-8-6-23(7-9-24)12-17-21-18(26-22-17)16-3-2-10-27-16/h2-5,10-11H,6-9,12H2,1H3. The number of hydrogen-bond acceptors (Lipinski definition) is 6. The van der Waals surface area contributed by atoms with E-state index in [1.54, 1.807) is 35.3 Å². The zero-order valence-electron chi connectivity index (χ0n) is 14.9. The summed E-state index contributed by atoms with van der Waals surface area (Å²) in [6.45, 7) is 4.86. The quantitative estimate of drug-likeness (QED) is 0.689. The van der Waals surface area contributed by atoms with E-state index in [-0.39, 0.29) is 11.7 Å². The van der Waals surface area contributed by atoms with Crippen molar-refractivity contribution in [2.45, 2.75) is 13.5 Å². The molecule has 0 aliphatic carbocycles. The molecule has 3 aromatic rings. The van der Waals surface area contributed by atoms with Crippen molar-refractivity contribution < 1.29 is 13.7 Å². The molecule has 4 rings (SSSR count). The summed E-state index contributed by atoms with van der Waals surface area (Å²) in [6.07, 6.45) is 0. The van der Waals surface area contributed by atoms with Gasteiger partial charge in [0.25, 0.3) is 11.8 Å². The molecular formula is C19H19FN4O2S. The van der Waals surface area contributed by atoms with E-state index >= 15 is 0 Å². The number of amides is 1. The van der Waals surface area contributed by atoms with E-state index in [0.29, 0.717) is 55.6 Å². The molecule has 1 aromatic carbocycles. The lowest BCUT2D eigenvalue weighted by atomic mass is 10.1. The Hall–Kier alpha value is -2.58. The Bertz CT molecular complexity index is 933. The number of piperazine rings is 1. The summed E-state index contributed by atoms with van der Waals surface area (Å²) in [5, 5.41) is 6.01. The minimum atomic E-state index is -0.349. The predicted octanol–water partition coefficient (Wildman–Crippen LogP) is 3.20. The molecule has 0 unspecified atom stereocenters. The number of carbonyl (C=O) groups excluding carboxylic acids is 1. The fourth-order valence-corrected chi connectivity index (χ4v) is 3.68. The van der Waals surface area contributed by atoms with Crippen LogP contribution in [0.3, 0.4) is 0 Å². The Kier molecular flexibility index (Phi) is 5.00. The number of carbonyl (C=O) groups is 1. The lowest BCUT2D eigenvalue weighted by molar-refractivity contribution is 0.0624. The second-order valence-electron chi connectivity index (χ2n) is 6.53. The van der Waals surface area contributed by atoms with Crippen LogP contribution in [-0.2, 0) is 6.54 Å². The minimum Gasteiger partial charge on any atom is -0.336 e. The van der Waals surface area contributed by atoms with Crippen LogP contribution in [0.2, 0.25) is 0 Å². The molecule has 0 bridgehead atoms. The average molecular weight is 386 g/mol. The van der Waals surface area contributed by atoms with Gasteiger partial charge in [0.05, 0.1) is 11.4 Å². The van der Waals surface area contributed by atoms with Gasteiger partial charge >= 0.3 is 0 Å². The van der Waals surface area contributed by atoms with Gasteiger partial charge in [0.2, 0.25) is 0 Å². The molecule has 6 nitrogen and oxygen atoms in total. The molecule has 1 saturated heterocycles. The van der Waals surface area contributed by atoms with Crippen LogP contribution in [0.5, 0.6) is 0 Å². The van der Waals surface area contributed by atoms with Gasteiger partial charge in [0.1, 0.15) is 5.82 Å². The Morgan fingerprint density at radius 3 is 2.78 bits per heavy atom. The number of halogens is 1. The minimum absolute atomic E-state index is 0.131. The molecule has 1 aliphatic rings. The highest BCUT2D eigenvalue weighted by Gasteiger charge is 2.24. The van der Waals surface area contributed by atoms with Gasteiger partial charge in [0, 0.05) is 31.7 Å². The second-order valence-corrected chi connectivity index (χ2v) is 7.47. The van der Waals surface area contributed by atoms with Crippen molar-refractivity contribution in [3.8, 4) is 10.8 Å². The number of benzene rings is 1. The van der Waals surface area contributed by atoms with Gasteiger partial charge in [-0.1, -0.05) is 17.3 Å². The summed E-state index contributed by atoms with van der Waals surface area (Å²) in [6, 6.07) is 8.52. The van der Waals surface area contributed by atoms with E-state index in [2.05, 4.69) is 15.0 Å². The maximum absolute atomic E-state index is 13.7. The maximum Gasteiger partial charge on any atom is 0.268 e. The highest BCUT2D eigenvalue weighted by atomic mass is 32.1. The van der Waals surface area contributed by atoms with Gasteiger partial charge < -0.3 is 9.42 Å². The second kappa shape index (κ2) is 7.58. The first-order valence-corrected chi connectivity index (χ1v) is 9.62. The summed E-state index contributed by atoms with van der Waals surface area (Å²) in [4.78, 5) is 21.9. The fourth-order valence-electron chi connectivity index (χ4n) is 3.04. The van der Waals surface area contributed by atoms with Crippen molar-refractivity contribution in [1.29, 1.82) is 0 Å². The largest absolute Gasteiger partial charge is 0.336 e.